The van der Waals surface area contributed by atoms with Gasteiger partial charge in [-0.2, -0.15) is 0 Å². The average molecular weight is 501 g/mol. The molecule has 0 bridgehead atoms. The van der Waals surface area contributed by atoms with Crippen LogP contribution in [0, 0.1) is 13.8 Å². The summed E-state index contributed by atoms with van der Waals surface area (Å²) in [6.07, 6.45) is 4.72. The van der Waals surface area contributed by atoms with Gasteiger partial charge in [-0.15, -0.1) is 0 Å². The largest absolute Gasteiger partial charge is 0.497 e. The maximum atomic E-state index is 13.6. The van der Waals surface area contributed by atoms with Crippen molar-refractivity contribution in [1.82, 2.24) is 10.2 Å². The first-order chi connectivity index (χ1) is 18.0. The molecule has 1 heterocycles. The third-order valence-corrected chi connectivity index (χ3v) is 7.30. The molecule has 4 rings (SSSR count). The van der Waals surface area contributed by atoms with Gasteiger partial charge in [0, 0.05) is 24.2 Å². The molecule has 0 aliphatic carbocycles. The lowest BCUT2D eigenvalue weighted by Crippen LogP contribution is -2.52. The van der Waals surface area contributed by atoms with Crippen LogP contribution in [0.5, 0.6) is 11.5 Å². The maximum Gasteiger partial charge on any atom is 0.254 e. The fourth-order valence-electron chi connectivity index (χ4n) is 5.51. The molecule has 0 spiro atoms. The number of ether oxygens (including phenoxy) is 2. The van der Waals surface area contributed by atoms with Gasteiger partial charge in [0.1, 0.15) is 11.5 Å². The quantitative estimate of drug-likeness (QED) is 0.360. The zero-order chi connectivity index (χ0) is 26.2. The number of aryl methyl sites for hydroxylation is 3. The van der Waals surface area contributed by atoms with Gasteiger partial charge in [-0.05, 0) is 94.0 Å². The van der Waals surface area contributed by atoms with E-state index in [0.717, 1.165) is 73.4 Å². The number of piperidine rings is 1. The highest BCUT2D eigenvalue weighted by molar-refractivity contribution is 5.95. The number of carbonyl (C=O) groups excluding carboxylic acids is 1. The van der Waals surface area contributed by atoms with Crippen molar-refractivity contribution in [2.45, 2.75) is 58.0 Å². The molecule has 2 unspecified atom stereocenters. The van der Waals surface area contributed by atoms with Crippen molar-refractivity contribution in [3.8, 4) is 11.5 Å². The summed E-state index contributed by atoms with van der Waals surface area (Å²) in [6, 6.07) is 23.2. The highest BCUT2D eigenvalue weighted by Gasteiger charge is 2.32. The van der Waals surface area contributed by atoms with Crippen molar-refractivity contribution >= 4 is 5.91 Å². The molecule has 1 aliphatic rings. The summed E-state index contributed by atoms with van der Waals surface area (Å²) in [4.78, 5) is 15.7. The first kappa shape index (κ1) is 26.7. The van der Waals surface area contributed by atoms with E-state index in [0.29, 0.717) is 6.04 Å². The Balaban J connectivity index is 1.40. The molecule has 196 valence electrons. The normalized spacial score (nSPS) is 17.5. The molecule has 3 aromatic carbocycles. The van der Waals surface area contributed by atoms with Gasteiger partial charge in [0.25, 0.3) is 5.91 Å². The Labute approximate surface area is 221 Å². The number of carbonyl (C=O) groups is 1. The van der Waals surface area contributed by atoms with Crippen LogP contribution in [0.1, 0.15) is 51.9 Å². The van der Waals surface area contributed by atoms with Crippen LogP contribution in [0.3, 0.4) is 0 Å². The molecule has 1 saturated heterocycles. The van der Waals surface area contributed by atoms with Crippen molar-refractivity contribution in [2.75, 3.05) is 27.3 Å². The first-order valence-corrected chi connectivity index (χ1v) is 13.3. The second-order valence-electron chi connectivity index (χ2n) is 10.2. The topological polar surface area (TPSA) is 50.8 Å². The van der Waals surface area contributed by atoms with Crippen LogP contribution in [0.15, 0.2) is 66.7 Å². The van der Waals surface area contributed by atoms with Crippen LogP contribution in [0.2, 0.25) is 0 Å². The Kier molecular flexibility index (Phi) is 9.24. The van der Waals surface area contributed by atoms with E-state index in [1.54, 1.807) is 14.2 Å². The van der Waals surface area contributed by atoms with Gasteiger partial charge < -0.3 is 19.7 Å². The SMILES string of the molecule is COc1ccc(OC)c(CCCNC2CCN(C(=O)c3cc(C)cc(C)c3)C(Cc3ccccc3)C2)c1. The number of hydrogen-bond acceptors (Lipinski definition) is 4. The second-order valence-corrected chi connectivity index (χ2v) is 10.2. The third kappa shape index (κ3) is 7.14. The highest BCUT2D eigenvalue weighted by Crippen LogP contribution is 2.26. The number of amides is 1. The van der Waals surface area contributed by atoms with Gasteiger partial charge >= 0.3 is 0 Å². The summed E-state index contributed by atoms with van der Waals surface area (Å²) in [5.41, 5.74) is 5.50. The molecule has 1 amide bonds. The second kappa shape index (κ2) is 12.8. The summed E-state index contributed by atoms with van der Waals surface area (Å²) in [5.74, 6) is 1.91. The lowest BCUT2D eigenvalue weighted by Gasteiger charge is -2.40. The smallest absolute Gasteiger partial charge is 0.254 e. The molecule has 1 N–H and O–H groups in total. The maximum absolute atomic E-state index is 13.6. The molecule has 1 aliphatic heterocycles. The molecule has 3 aromatic rings. The van der Waals surface area contributed by atoms with E-state index in [4.69, 9.17) is 9.47 Å². The number of nitrogens with zero attached hydrogens (tertiary/aromatic N) is 1. The number of rotatable bonds is 10. The Morgan fingerprint density at radius 3 is 2.43 bits per heavy atom. The molecule has 0 radical (unpaired) electrons. The summed E-state index contributed by atoms with van der Waals surface area (Å²) in [5, 5.41) is 3.78. The van der Waals surface area contributed by atoms with Crippen molar-refractivity contribution in [2.24, 2.45) is 0 Å². The molecule has 5 nitrogen and oxygen atoms in total. The minimum absolute atomic E-state index is 0.149. The van der Waals surface area contributed by atoms with E-state index in [9.17, 15) is 4.79 Å². The van der Waals surface area contributed by atoms with Gasteiger partial charge in [-0.25, -0.2) is 0 Å². The third-order valence-electron chi connectivity index (χ3n) is 7.30. The summed E-state index contributed by atoms with van der Waals surface area (Å²) in [6.45, 7) is 5.81. The molecular formula is C32H40N2O3. The zero-order valence-electron chi connectivity index (χ0n) is 22.6. The first-order valence-electron chi connectivity index (χ1n) is 13.3. The molecule has 37 heavy (non-hydrogen) atoms. The van der Waals surface area contributed by atoms with Crippen LogP contribution in [-0.4, -0.2) is 50.2 Å². The van der Waals surface area contributed by atoms with Crippen LogP contribution in [0.25, 0.3) is 0 Å². The summed E-state index contributed by atoms with van der Waals surface area (Å²) >= 11 is 0. The van der Waals surface area contributed by atoms with Crippen molar-refractivity contribution in [1.29, 1.82) is 0 Å². The highest BCUT2D eigenvalue weighted by atomic mass is 16.5. The summed E-state index contributed by atoms with van der Waals surface area (Å²) < 4.78 is 10.9. The molecular weight excluding hydrogens is 460 g/mol. The van der Waals surface area contributed by atoms with E-state index < -0.39 is 0 Å². The van der Waals surface area contributed by atoms with Gasteiger partial charge in [0.2, 0.25) is 0 Å². The summed E-state index contributed by atoms with van der Waals surface area (Å²) in [7, 11) is 3.40. The standard InChI is InChI=1S/C32H40N2O3/c1-23-17-24(2)19-27(18-23)32(35)34-16-14-28(22-29(34)20-25-9-6-5-7-10-25)33-15-8-11-26-21-30(36-3)12-13-31(26)37-4/h5-7,9-10,12-13,17-19,21,28-29,33H,8,11,14-16,20,22H2,1-4H3. The molecule has 0 aromatic heterocycles. The number of methoxy groups -OCH3 is 2. The monoisotopic (exact) mass is 500 g/mol. The Morgan fingerprint density at radius 1 is 0.973 bits per heavy atom. The van der Waals surface area contributed by atoms with Crippen LogP contribution in [0.4, 0.5) is 0 Å². The Morgan fingerprint density at radius 2 is 1.73 bits per heavy atom. The molecule has 1 fully saturated rings. The van der Waals surface area contributed by atoms with Crippen molar-refractivity contribution in [3.63, 3.8) is 0 Å². The van der Waals surface area contributed by atoms with Gasteiger partial charge in [0.15, 0.2) is 0 Å². The minimum atomic E-state index is 0.149. The lowest BCUT2D eigenvalue weighted by molar-refractivity contribution is 0.0577. The van der Waals surface area contributed by atoms with Gasteiger partial charge in [0.05, 0.1) is 14.2 Å². The Hall–Kier alpha value is -3.31. The van der Waals surface area contributed by atoms with E-state index in [1.165, 1.54) is 11.1 Å². The number of benzene rings is 3. The molecule has 5 heteroatoms. The minimum Gasteiger partial charge on any atom is -0.497 e. The van der Waals surface area contributed by atoms with E-state index in [-0.39, 0.29) is 11.9 Å². The number of likely N-dealkylation sites (tertiary alicyclic amines) is 1. The fraction of sp³-hybridized carbons (Fsp3) is 0.406. The van der Waals surface area contributed by atoms with E-state index in [1.807, 2.05) is 30.3 Å². The Bertz CT molecular complexity index is 1160. The van der Waals surface area contributed by atoms with Crippen LogP contribution in [-0.2, 0) is 12.8 Å². The van der Waals surface area contributed by atoms with E-state index in [2.05, 4.69) is 60.5 Å². The van der Waals surface area contributed by atoms with Crippen molar-refractivity contribution < 1.29 is 14.3 Å². The van der Waals surface area contributed by atoms with E-state index >= 15 is 0 Å². The fourth-order valence-corrected chi connectivity index (χ4v) is 5.51. The average Bonchev–Trinajstić information content (AvgIpc) is 2.91. The number of hydrogen-bond donors (Lipinski definition) is 1. The number of nitrogens with one attached hydrogen (secondary N) is 1. The van der Waals surface area contributed by atoms with Crippen molar-refractivity contribution in [3.05, 3.63) is 94.5 Å². The van der Waals surface area contributed by atoms with Crippen LogP contribution >= 0.6 is 0 Å². The van der Waals surface area contributed by atoms with Crippen LogP contribution < -0.4 is 14.8 Å². The molecule has 0 saturated carbocycles. The zero-order valence-corrected chi connectivity index (χ0v) is 22.6. The predicted molar refractivity (Wildman–Crippen MR) is 150 cm³/mol. The molecule has 2 atom stereocenters. The predicted octanol–water partition coefficient (Wildman–Crippen LogP) is 5.76. The van der Waals surface area contributed by atoms with Gasteiger partial charge in [-0.3, -0.25) is 4.79 Å². The van der Waals surface area contributed by atoms with Gasteiger partial charge in [-0.1, -0.05) is 47.5 Å². The lowest BCUT2D eigenvalue weighted by atomic mass is 9.91.